The number of carbonyl (C=O) groups is 1. The van der Waals surface area contributed by atoms with Gasteiger partial charge in [-0.2, -0.15) is 5.10 Å². The molecular weight excluding hydrogens is 447 g/mol. The Kier molecular flexibility index (Phi) is 7.77. The van der Waals surface area contributed by atoms with Crippen molar-refractivity contribution in [3.8, 4) is 0 Å². The second-order valence-corrected chi connectivity index (χ2v) is 8.47. The molecule has 3 atom stereocenters. The highest BCUT2D eigenvalue weighted by Gasteiger charge is 2.40. The third-order valence-corrected chi connectivity index (χ3v) is 6.47. The summed E-state index contributed by atoms with van der Waals surface area (Å²) in [5.74, 6) is 0.161. The molecule has 0 saturated carbocycles. The number of benzene rings is 1. The predicted octanol–water partition coefficient (Wildman–Crippen LogP) is 2.81. The summed E-state index contributed by atoms with van der Waals surface area (Å²) in [4.78, 5) is 22.3. The van der Waals surface area contributed by atoms with Crippen LogP contribution in [0.4, 0.5) is 0 Å². The van der Waals surface area contributed by atoms with E-state index in [4.69, 9.17) is 0 Å². The van der Waals surface area contributed by atoms with Gasteiger partial charge in [-0.15, -0.1) is 24.8 Å². The molecule has 2 aliphatic rings. The van der Waals surface area contributed by atoms with E-state index in [2.05, 4.69) is 31.3 Å². The second kappa shape index (κ2) is 10.2. The minimum atomic E-state index is 0. The molecule has 0 radical (unpaired) electrons. The zero-order valence-corrected chi connectivity index (χ0v) is 20.0. The maximum Gasteiger partial charge on any atom is 0.254 e. The maximum absolute atomic E-state index is 13.1. The van der Waals surface area contributed by atoms with Crippen LogP contribution in [-0.2, 0) is 13.6 Å². The lowest BCUT2D eigenvalue weighted by atomic mass is 10.1. The number of rotatable bonds is 5. The maximum atomic E-state index is 13.1. The molecule has 2 aliphatic heterocycles. The summed E-state index contributed by atoms with van der Waals surface area (Å²) in [5.41, 5.74) is 3.87. The van der Waals surface area contributed by atoms with Gasteiger partial charge in [-0.25, -0.2) is 4.98 Å². The van der Waals surface area contributed by atoms with Gasteiger partial charge in [-0.1, -0.05) is 18.2 Å². The van der Waals surface area contributed by atoms with Gasteiger partial charge < -0.3 is 10.2 Å². The summed E-state index contributed by atoms with van der Waals surface area (Å²) in [7, 11) is 1.93. The van der Waals surface area contributed by atoms with Crippen molar-refractivity contribution < 1.29 is 4.79 Å². The molecule has 172 valence electrons. The van der Waals surface area contributed by atoms with E-state index in [1.807, 2.05) is 55.2 Å². The number of aromatic nitrogens is 3. The van der Waals surface area contributed by atoms with Gasteiger partial charge in [0.2, 0.25) is 0 Å². The Morgan fingerprint density at radius 1 is 1.19 bits per heavy atom. The summed E-state index contributed by atoms with van der Waals surface area (Å²) in [6.45, 7) is 6.47. The minimum Gasteiger partial charge on any atom is -0.333 e. The number of pyridine rings is 1. The highest BCUT2D eigenvalue weighted by Crippen LogP contribution is 2.26. The van der Waals surface area contributed by atoms with Gasteiger partial charge in [-0.3, -0.25) is 14.4 Å². The summed E-state index contributed by atoms with van der Waals surface area (Å²) in [6.07, 6.45) is 2.99. The fourth-order valence-electron chi connectivity index (χ4n) is 4.87. The van der Waals surface area contributed by atoms with E-state index in [-0.39, 0.29) is 30.7 Å². The molecule has 4 heterocycles. The first-order chi connectivity index (χ1) is 14.6. The standard InChI is InChI=1S/C23H28N6O.2ClH/c1-16-21-10-17(12-25-22(21)27(2)26-16)11-24-13-20-15-29(19-8-9-28(20)14-19)23(30)18-6-4-3-5-7-18;;/h3-7,10,12,19-20,24H,8-9,11,13-15H2,1-2H3;2*1H. The highest BCUT2D eigenvalue weighted by atomic mass is 35.5. The Morgan fingerprint density at radius 3 is 2.75 bits per heavy atom. The Hall–Kier alpha value is -2.19. The van der Waals surface area contributed by atoms with E-state index in [0.717, 1.165) is 67.0 Å². The molecule has 0 spiro atoms. The van der Waals surface area contributed by atoms with Crippen molar-refractivity contribution in [1.29, 1.82) is 0 Å². The zero-order chi connectivity index (χ0) is 20.7. The van der Waals surface area contributed by atoms with Crippen LogP contribution in [0.1, 0.15) is 28.0 Å². The van der Waals surface area contributed by atoms with Gasteiger partial charge in [0.1, 0.15) is 0 Å². The third kappa shape index (κ3) is 4.62. The summed E-state index contributed by atoms with van der Waals surface area (Å²) in [6, 6.07) is 12.5. The van der Waals surface area contributed by atoms with E-state index in [0.29, 0.717) is 12.1 Å². The second-order valence-electron chi connectivity index (χ2n) is 8.47. The molecule has 0 aliphatic carbocycles. The number of hydrogen-bond acceptors (Lipinski definition) is 5. The molecule has 2 fully saturated rings. The van der Waals surface area contributed by atoms with E-state index in [1.165, 1.54) is 0 Å². The van der Waals surface area contributed by atoms with Crippen LogP contribution in [0.3, 0.4) is 0 Å². The monoisotopic (exact) mass is 476 g/mol. The predicted molar refractivity (Wildman–Crippen MR) is 131 cm³/mol. The molecule has 3 unspecified atom stereocenters. The van der Waals surface area contributed by atoms with Crippen LogP contribution in [0.25, 0.3) is 11.0 Å². The van der Waals surface area contributed by atoms with Crippen molar-refractivity contribution in [2.75, 3.05) is 26.2 Å². The molecule has 1 aromatic carbocycles. The van der Waals surface area contributed by atoms with Crippen LogP contribution in [0.2, 0.25) is 0 Å². The fraction of sp³-hybridized carbons (Fsp3) is 0.435. The minimum absolute atomic E-state index is 0. The van der Waals surface area contributed by atoms with Crippen molar-refractivity contribution in [3.05, 3.63) is 59.4 Å². The number of amides is 1. The molecule has 1 N–H and O–H groups in total. The molecule has 3 aromatic rings. The Bertz CT molecular complexity index is 1070. The van der Waals surface area contributed by atoms with Gasteiger partial charge in [0.25, 0.3) is 5.91 Å². The first-order valence-electron chi connectivity index (χ1n) is 10.7. The Balaban J connectivity index is 0.00000144. The van der Waals surface area contributed by atoms with Crippen molar-refractivity contribution in [2.45, 2.75) is 32.0 Å². The van der Waals surface area contributed by atoms with Crippen LogP contribution < -0.4 is 5.32 Å². The Morgan fingerprint density at radius 2 is 1.97 bits per heavy atom. The molecule has 7 nitrogen and oxygen atoms in total. The molecule has 1 amide bonds. The number of aryl methyl sites for hydroxylation is 2. The van der Waals surface area contributed by atoms with Crippen LogP contribution >= 0.6 is 24.8 Å². The first-order valence-corrected chi connectivity index (χ1v) is 10.7. The molecule has 32 heavy (non-hydrogen) atoms. The summed E-state index contributed by atoms with van der Waals surface area (Å²) < 4.78 is 1.83. The van der Waals surface area contributed by atoms with E-state index >= 15 is 0 Å². The van der Waals surface area contributed by atoms with Crippen LogP contribution in [0.5, 0.6) is 0 Å². The van der Waals surface area contributed by atoms with Gasteiger partial charge in [0, 0.05) is 69.0 Å². The number of halogens is 2. The quantitative estimate of drug-likeness (QED) is 0.613. The number of nitrogens with zero attached hydrogens (tertiary/aromatic N) is 5. The van der Waals surface area contributed by atoms with Gasteiger partial charge in [0.05, 0.1) is 5.69 Å². The summed E-state index contributed by atoms with van der Waals surface area (Å²) in [5, 5.41) is 9.16. The largest absolute Gasteiger partial charge is 0.333 e. The van der Waals surface area contributed by atoms with Crippen molar-refractivity contribution in [1.82, 2.24) is 29.9 Å². The average Bonchev–Trinajstić information content (AvgIpc) is 3.31. The molecule has 9 heteroatoms. The van der Waals surface area contributed by atoms with Crippen LogP contribution in [-0.4, -0.2) is 68.7 Å². The summed E-state index contributed by atoms with van der Waals surface area (Å²) >= 11 is 0. The normalized spacial score (nSPS) is 21.8. The van der Waals surface area contributed by atoms with E-state index < -0.39 is 0 Å². The SMILES string of the molecule is Cc1nn(C)c2ncc(CNCC3CN(C(=O)c4ccccc4)C4CCN3C4)cc12.Cl.Cl. The number of hydrogen-bond donors (Lipinski definition) is 1. The number of fused-ring (bicyclic) bond motifs is 3. The third-order valence-electron chi connectivity index (χ3n) is 6.47. The van der Waals surface area contributed by atoms with Crippen LogP contribution in [0.15, 0.2) is 42.6 Å². The zero-order valence-electron chi connectivity index (χ0n) is 18.4. The first kappa shape index (κ1) is 24.5. The number of piperazine rings is 1. The molecule has 2 bridgehead atoms. The van der Waals surface area contributed by atoms with E-state index in [1.54, 1.807) is 0 Å². The molecular formula is C23H30Cl2N6O. The topological polar surface area (TPSA) is 66.3 Å². The van der Waals surface area contributed by atoms with Gasteiger partial charge in [0.15, 0.2) is 5.65 Å². The molecule has 5 rings (SSSR count). The van der Waals surface area contributed by atoms with Crippen LogP contribution in [0, 0.1) is 6.92 Å². The van der Waals surface area contributed by atoms with Gasteiger partial charge >= 0.3 is 0 Å². The lowest BCUT2D eigenvalue weighted by Crippen LogP contribution is -2.57. The average molecular weight is 477 g/mol. The van der Waals surface area contributed by atoms with Crippen molar-refractivity contribution in [3.63, 3.8) is 0 Å². The molecule has 2 saturated heterocycles. The van der Waals surface area contributed by atoms with E-state index in [9.17, 15) is 4.79 Å². The van der Waals surface area contributed by atoms with Crippen molar-refractivity contribution in [2.24, 2.45) is 7.05 Å². The fourth-order valence-corrected chi connectivity index (χ4v) is 4.87. The molecule has 2 aromatic heterocycles. The number of nitrogens with one attached hydrogen (secondary N) is 1. The van der Waals surface area contributed by atoms with Gasteiger partial charge in [-0.05, 0) is 37.1 Å². The Labute approximate surface area is 201 Å². The highest BCUT2D eigenvalue weighted by molar-refractivity contribution is 5.94. The lowest BCUT2D eigenvalue weighted by molar-refractivity contribution is 0.0495. The van der Waals surface area contributed by atoms with Crippen molar-refractivity contribution >= 4 is 41.8 Å². The number of carbonyl (C=O) groups excluding carboxylic acids is 1. The smallest absolute Gasteiger partial charge is 0.254 e. The lowest BCUT2D eigenvalue weighted by Gasteiger charge is -2.40.